The third-order valence-electron chi connectivity index (χ3n) is 2.84. The van der Waals surface area contributed by atoms with Gasteiger partial charge in [-0.2, -0.15) is 0 Å². The van der Waals surface area contributed by atoms with Crippen molar-refractivity contribution in [3.8, 4) is 0 Å². The molecule has 0 saturated heterocycles. The highest BCUT2D eigenvalue weighted by molar-refractivity contribution is 5.81. The molecule has 3 nitrogen and oxygen atoms in total. The maximum Gasteiger partial charge on any atom is 0.239 e. The quantitative estimate of drug-likeness (QED) is 0.704. The van der Waals surface area contributed by atoms with Crippen LogP contribution in [-0.4, -0.2) is 29.9 Å². The van der Waals surface area contributed by atoms with Crippen molar-refractivity contribution in [2.24, 2.45) is 11.7 Å². The molecular formula is C12H26N2O. The minimum absolute atomic E-state index is 0.111. The number of hydrogen-bond donors (Lipinski definition) is 1. The van der Waals surface area contributed by atoms with Gasteiger partial charge in [-0.3, -0.25) is 4.79 Å². The highest BCUT2D eigenvalue weighted by Crippen LogP contribution is 2.07. The Kier molecular flexibility index (Phi) is 7.39. The molecule has 0 aromatic heterocycles. The first-order valence-electron chi connectivity index (χ1n) is 6.11. The fourth-order valence-corrected chi connectivity index (χ4v) is 1.55. The van der Waals surface area contributed by atoms with E-state index in [1.165, 1.54) is 0 Å². The number of rotatable bonds is 7. The minimum atomic E-state index is -0.306. The summed E-state index contributed by atoms with van der Waals surface area (Å²) in [5.41, 5.74) is 5.83. The Bertz CT molecular complexity index is 182. The van der Waals surface area contributed by atoms with Crippen molar-refractivity contribution in [2.45, 2.75) is 53.0 Å². The number of carbonyl (C=O) groups excluding carboxylic acids is 1. The van der Waals surface area contributed by atoms with Crippen molar-refractivity contribution in [2.75, 3.05) is 13.1 Å². The Morgan fingerprint density at radius 1 is 1.33 bits per heavy atom. The first-order valence-corrected chi connectivity index (χ1v) is 6.11. The van der Waals surface area contributed by atoms with E-state index in [2.05, 4.69) is 20.8 Å². The summed E-state index contributed by atoms with van der Waals surface area (Å²) in [4.78, 5) is 13.8. The summed E-state index contributed by atoms with van der Waals surface area (Å²) in [5, 5.41) is 0. The van der Waals surface area contributed by atoms with Gasteiger partial charge in [0.25, 0.3) is 0 Å². The zero-order valence-electron chi connectivity index (χ0n) is 10.6. The zero-order valence-corrected chi connectivity index (χ0v) is 10.6. The Morgan fingerprint density at radius 3 is 2.33 bits per heavy atom. The second-order valence-electron chi connectivity index (χ2n) is 4.29. The Balaban J connectivity index is 4.20. The lowest BCUT2D eigenvalue weighted by molar-refractivity contribution is -0.133. The molecular weight excluding hydrogens is 188 g/mol. The first-order chi connectivity index (χ1) is 7.06. The lowest BCUT2D eigenvalue weighted by Crippen LogP contribution is -2.45. The van der Waals surface area contributed by atoms with Gasteiger partial charge in [0.05, 0.1) is 6.04 Å². The lowest BCUT2D eigenvalue weighted by atomic mass is 10.1. The van der Waals surface area contributed by atoms with Crippen molar-refractivity contribution >= 4 is 5.91 Å². The van der Waals surface area contributed by atoms with Crippen molar-refractivity contribution in [1.29, 1.82) is 0 Å². The van der Waals surface area contributed by atoms with Gasteiger partial charge in [0.15, 0.2) is 0 Å². The van der Waals surface area contributed by atoms with Crippen LogP contribution in [0.4, 0.5) is 0 Å². The molecule has 0 aromatic carbocycles. The summed E-state index contributed by atoms with van der Waals surface area (Å²) in [7, 11) is 0. The molecule has 2 unspecified atom stereocenters. The van der Waals surface area contributed by atoms with Gasteiger partial charge in [0, 0.05) is 13.1 Å². The van der Waals surface area contributed by atoms with Gasteiger partial charge in [0.1, 0.15) is 0 Å². The van der Waals surface area contributed by atoms with Crippen LogP contribution in [0, 0.1) is 5.92 Å². The number of amides is 1. The van der Waals surface area contributed by atoms with Gasteiger partial charge in [-0.15, -0.1) is 0 Å². The Morgan fingerprint density at radius 2 is 1.93 bits per heavy atom. The van der Waals surface area contributed by atoms with Crippen LogP contribution < -0.4 is 5.73 Å². The number of carbonyl (C=O) groups is 1. The molecule has 0 bridgehead atoms. The minimum Gasteiger partial charge on any atom is -0.341 e. The summed E-state index contributed by atoms with van der Waals surface area (Å²) < 4.78 is 0. The van der Waals surface area contributed by atoms with E-state index < -0.39 is 0 Å². The standard InChI is InChI=1S/C12H26N2O/c1-5-8-11(13)12(15)14(7-3)9-10(4)6-2/h10-11H,5-9,13H2,1-4H3. The second-order valence-corrected chi connectivity index (χ2v) is 4.29. The molecule has 2 atom stereocenters. The highest BCUT2D eigenvalue weighted by Gasteiger charge is 2.19. The van der Waals surface area contributed by atoms with E-state index in [1.54, 1.807) is 0 Å². The van der Waals surface area contributed by atoms with E-state index in [1.807, 2.05) is 11.8 Å². The molecule has 0 aromatic rings. The van der Waals surface area contributed by atoms with Crippen molar-refractivity contribution in [1.82, 2.24) is 4.90 Å². The highest BCUT2D eigenvalue weighted by atomic mass is 16.2. The van der Waals surface area contributed by atoms with Crippen molar-refractivity contribution in [3.05, 3.63) is 0 Å². The van der Waals surface area contributed by atoms with Crippen molar-refractivity contribution < 1.29 is 4.79 Å². The molecule has 0 aliphatic rings. The van der Waals surface area contributed by atoms with Crippen LogP contribution in [0.15, 0.2) is 0 Å². The summed E-state index contributed by atoms with van der Waals surface area (Å²) in [6.07, 6.45) is 2.86. The SMILES string of the molecule is CCCC(N)C(=O)N(CC)CC(C)CC. The number of nitrogens with zero attached hydrogens (tertiary/aromatic N) is 1. The van der Waals surface area contributed by atoms with E-state index in [0.717, 1.165) is 32.4 Å². The monoisotopic (exact) mass is 214 g/mol. The van der Waals surface area contributed by atoms with Crippen LogP contribution in [0.5, 0.6) is 0 Å². The van der Waals surface area contributed by atoms with Crippen LogP contribution >= 0.6 is 0 Å². The molecule has 2 N–H and O–H groups in total. The van der Waals surface area contributed by atoms with Crippen LogP contribution in [0.1, 0.15) is 47.0 Å². The third kappa shape index (κ3) is 5.17. The van der Waals surface area contributed by atoms with Crippen LogP contribution in [-0.2, 0) is 4.79 Å². The fraction of sp³-hybridized carbons (Fsp3) is 0.917. The molecule has 90 valence electrons. The van der Waals surface area contributed by atoms with E-state index in [4.69, 9.17) is 5.73 Å². The number of likely N-dealkylation sites (N-methyl/N-ethyl adjacent to an activating group) is 1. The maximum atomic E-state index is 11.9. The smallest absolute Gasteiger partial charge is 0.239 e. The first kappa shape index (κ1) is 14.4. The van der Waals surface area contributed by atoms with E-state index >= 15 is 0 Å². The van der Waals surface area contributed by atoms with E-state index in [9.17, 15) is 4.79 Å². The van der Waals surface area contributed by atoms with E-state index in [0.29, 0.717) is 5.92 Å². The molecule has 3 heteroatoms. The van der Waals surface area contributed by atoms with Gasteiger partial charge in [-0.05, 0) is 19.3 Å². The van der Waals surface area contributed by atoms with Crippen LogP contribution in [0.3, 0.4) is 0 Å². The number of hydrogen-bond acceptors (Lipinski definition) is 2. The normalized spacial score (nSPS) is 14.7. The predicted octanol–water partition coefficient (Wildman–Crippen LogP) is 2.01. The molecule has 0 rings (SSSR count). The largest absolute Gasteiger partial charge is 0.341 e. The van der Waals surface area contributed by atoms with Gasteiger partial charge < -0.3 is 10.6 Å². The van der Waals surface area contributed by atoms with Gasteiger partial charge in [-0.25, -0.2) is 0 Å². The van der Waals surface area contributed by atoms with Crippen LogP contribution in [0.2, 0.25) is 0 Å². The Labute approximate surface area is 94.0 Å². The lowest BCUT2D eigenvalue weighted by Gasteiger charge is -2.26. The van der Waals surface area contributed by atoms with Gasteiger partial charge in [-0.1, -0.05) is 33.6 Å². The summed E-state index contributed by atoms with van der Waals surface area (Å²) in [6.45, 7) is 9.98. The zero-order chi connectivity index (χ0) is 11.8. The molecule has 0 radical (unpaired) electrons. The summed E-state index contributed by atoms with van der Waals surface area (Å²) in [6, 6.07) is -0.306. The van der Waals surface area contributed by atoms with Crippen LogP contribution in [0.25, 0.3) is 0 Å². The molecule has 0 heterocycles. The summed E-state index contributed by atoms with van der Waals surface area (Å²) in [5.74, 6) is 0.669. The number of nitrogens with two attached hydrogens (primary N) is 1. The second kappa shape index (κ2) is 7.69. The van der Waals surface area contributed by atoms with Crippen molar-refractivity contribution in [3.63, 3.8) is 0 Å². The molecule has 0 aliphatic heterocycles. The maximum absolute atomic E-state index is 11.9. The molecule has 0 fully saturated rings. The Hall–Kier alpha value is -0.570. The predicted molar refractivity (Wildman–Crippen MR) is 64.6 cm³/mol. The topological polar surface area (TPSA) is 46.3 Å². The van der Waals surface area contributed by atoms with Gasteiger partial charge >= 0.3 is 0 Å². The fourth-order valence-electron chi connectivity index (χ4n) is 1.55. The van der Waals surface area contributed by atoms with Gasteiger partial charge in [0.2, 0.25) is 5.91 Å². The van der Waals surface area contributed by atoms with E-state index in [-0.39, 0.29) is 11.9 Å². The average Bonchev–Trinajstić information content (AvgIpc) is 2.24. The molecule has 0 aliphatic carbocycles. The molecule has 1 amide bonds. The average molecular weight is 214 g/mol. The molecule has 15 heavy (non-hydrogen) atoms. The molecule has 0 saturated carbocycles. The summed E-state index contributed by atoms with van der Waals surface area (Å²) >= 11 is 0. The third-order valence-corrected chi connectivity index (χ3v) is 2.84. The molecule has 0 spiro atoms.